The van der Waals surface area contributed by atoms with Crippen LogP contribution in [0.5, 0.6) is 0 Å². The van der Waals surface area contributed by atoms with Gasteiger partial charge in [0.05, 0.1) is 12.5 Å². The van der Waals surface area contributed by atoms with E-state index in [9.17, 15) is 14.4 Å². The zero-order valence-electron chi connectivity index (χ0n) is 12.3. The van der Waals surface area contributed by atoms with E-state index in [0.29, 0.717) is 11.3 Å². The number of hydrogen-bond acceptors (Lipinski definition) is 4. The topological polar surface area (TPSA) is 84.5 Å². The number of methoxy groups -OCH3 is 1. The fraction of sp³-hybridized carbons (Fsp3) is 0.312. The summed E-state index contributed by atoms with van der Waals surface area (Å²) in [4.78, 5) is 34.8. The molecule has 0 spiro atoms. The van der Waals surface area contributed by atoms with Gasteiger partial charge in [-0.15, -0.1) is 0 Å². The highest BCUT2D eigenvalue weighted by atomic mass is 16.5. The van der Waals surface area contributed by atoms with Crippen molar-refractivity contribution in [2.75, 3.05) is 19.0 Å². The third-order valence-electron chi connectivity index (χ3n) is 3.66. The molecule has 0 saturated heterocycles. The molecule has 22 heavy (non-hydrogen) atoms. The molecule has 116 valence electrons. The molecule has 0 bridgehead atoms. The first kappa shape index (κ1) is 15.8. The summed E-state index contributed by atoms with van der Waals surface area (Å²) in [5.41, 5.74) is 0.481. The van der Waals surface area contributed by atoms with Gasteiger partial charge in [0, 0.05) is 17.8 Å². The van der Waals surface area contributed by atoms with Crippen LogP contribution in [0.1, 0.15) is 23.2 Å². The summed E-state index contributed by atoms with van der Waals surface area (Å²) in [5, 5.41) is 5.34. The fourth-order valence-corrected chi connectivity index (χ4v) is 2.07. The predicted octanol–water partition coefficient (Wildman–Crippen LogP) is 1.49. The second-order valence-corrected chi connectivity index (χ2v) is 5.23. The third-order valence-corrected chi connectivity index (χ3v) is 3.66. The minimum Gasteiger partial charge on any atom is -0.469 e. The zero-order valence-corrected chi connectivity index (χ0v) is 12.3. The highest BCUT2D eigenvalue weighted by Crippen LogP contribution is 2.46. The maximum atomic E-state index is 12.1. The van der Waals surface area contributed by atoms with Crippen LogP contribution in [0.2, 0.25) is 0 Å². The molecule has 2 amide bonds. The molecule has 2 N–H and O–H groups in total. The van der Waals surface area contributed by atoms with E-state index in [1.807, 2.05) is 0 Å². The second-order valence-electron chi connectivity index (χ2n) is 5.23. The van der Waals surface area contributed by atoms with Crippen molar-refractivity contribution in [3.63, 3.8) is 0 Å². The summed E-state index contributed by atoms with van der Waals surface area (Å²) in [5.74, 6) is -0.863. The van der Waals surface area contributed by atoms with Gasteiger partial charge in [0.15, 0.2) is 0 Å². The van der Waals surface area contributed by atoms with Gasteiger partial charge in [0.2, 0.25) is 5.91 Å². The van der Waals surface area contributed by atoms with Gasteiger partial charge in [-0.25, -0.2) is 0 Å². The van der Waals surface area contributed by atoms with Crippen molar-refractivity contribution < 1.29 is 19.1 Å². The Morgan fingerprint density at radius 3 is 2.41 bits per heavy atom. The monoisotopic (exact) mass is 302 g/mol. The first-order valence-corrected chi connectivity index (χ1v) is 6.91. The van der Waals surface area contributed by atoms with Crippen LogP contribution < -0.4 is 10.6 Å². The standard InChI is InChI=1S/C16H18N2O4/c1-3-13(19)18-12-6-4-11(5-7-12)14(20)17-10-16(8-9-16)15(21)22-2/h3-7H,1,8-10H2,2H3,(H,17,20)(H,18,19). The van der Waals surface area contributed by atoms with E-state index in [1.165, 1.54) is 13.2 Å². The first-order valence-electron chi connectivity index (χ1n) is 6.91. The van der Waals surface area contributed by atoms with E-state index in [-0.39, 0.29) is 24.3 Å². The summed E-state index contributed by atoms with van der Waals surface area (Å²) in [6, 6.07) is 6.46. The van der Waals surface area contributed by atoms with Crippen molar-refractivity contribution in [3.8, 4) is 0 Å². The number of rotatable bonds is 6. The lowest BCUT2D eigenvalue weighted by Gasteiger charge is -2.13. The van der Waals surface area contributed by atoms with E-state index in [0.717, 1.165) is 12.8 Å². The number of carbonyl (C=O) groups is 3. The average molecular weight is 302 g/mol. The van der Waals surface area contributed by atoms with Crippen molar-refractivity contribution in [1.29, 1.82) is 0 Å². The Morgan fingerprint density at radius 2 is 1.91 bits per heavy atom. The Hall–Kier alpha value is -2.63. The molecule has 0 radical (unpaired) electrons. The Bertz CT molecular complexity index is 603. The third kappa shape index (κ3) is 3.52. The number of carbonyl (C=O) groups excluding carboxylic acids is 3. The molecule has 0 heterocycles. The highest BCUT2D eigenvalue weighted by molar-refractivity contribution is 5.99. The summed E-state index contributed by atoms with van der Waals surface area (Å²) in [6.45, 7) is 3.63. The van der Waals surface area contributed by atoms with Crippen molar-refractivity contribution in [1.82, 2.24) is 5.32 Å². The predicted molar refractivity (Wildman–Crippen MR) is 81.3 cm³/mol. The van der Waals surface area contributed by atoms with E-state index in [4.69, 9.17) is 4.74 Å². The summed E-state index contributed by atoms with van der Waals surface area (Å²) >= 11 is 0. The molecular weight excluding hydrogens is 284 g/mol. The highest BCUT2D eigenvalue weighted by Gasteiger charge is 2.51. The van der Waals surface area contributed by atoms with Crippen LogP contribution in [0.25, 0.3) is 0 Å². The molecule has 0 aromatic heterocycles. The molecule has 1 fully saturated rings. The lowest BCUT2D eigenvalue weighted by atomic mass is 10.1. The van der Waals surface area contributed by atoms with Crippen LogP contribution in [0.4, 0.5) is 5.69 Å². The summed E-state index contributed by atoms with van der Waals surface area (Å²) in [6.07, 6.45) is 2.63. The van der Waals surface area contributed by atoms with Crippen LogP contribution in [0.15, 0.2) is 36.9 Å². The van der Waals surface area contributed by atoms with E-state index in [1.54, 1.807) is 24.3 Å². The number of esters is 1. The average Bonchev–Trinajstić information content (AvgIpc) is 3.33. The van der Waals surface area contributed by atoms with Gasteiger partial charge >= 0.3 is 5.97 Å². The number of ether oxygens (including phenoxy) is 1. The SMILES string of the molecule is C=CC(=O)Nc1ccc(C(=O)NCC2(C(=O)OC)CC2)cc1. The molecule has 0 atom stereocenters. The number of benzene rings is 1. The van der Waals surface area contributed by atoms with E-state index >= 15 is 0 Å². The Kier molecular flexibility index (Phi) is 4.60. The molecular formula is C16H18N2O4. The number of anilines is 1. The quantitative estimate of drug-likeness (QED) is 0.616. The number of hydrogen-bond donors (Lipinski definition) is 2. The minimum absolute atomic E-state index is 0.267. The molecule has 2 rings (SSSR count). The molecule has 1 saturated carbocycles. The van der Waals surface area contributed by atoms with Crippen molar-refractivity contribution >= 4 is 23.5 Å². The lowest BCUT2D eigenvalue weighted by Crippen LogP contribution is -2.34. The van der Waals surface area contributed by atoms with Gasteiger partial charge in [-0.05, 0) is 43.2 Å². The fourth-order valence-electron chi connectivity index (χ4n) is 2.07. The maximum Gasteiger partial charge on any atom is 0.313 e. The molecule has 1 aromatic rings. The van der Waals surface area contributed by atoms with Crippen molar-refractivity contribution in [3.05, 3.63) is 42.5 Å². The van der Waals surface area contributed by atoms with Gasteiger partial charge in [0.1, 0.15) is 0 Å². The molecule has 1 aromatic carbocycles. The van der Waals surface area contributed by atoms with Crippen LogP contribution in [-0.4, -0.2) is 31.4 Å². The smallest absolute Gasteiger partial charge is 0.313 e. The normalized spacial score (nSPS) is 14.6. The van der Waals surface area contributed by atoms with Crippen molar-refractivity contribution in [2.24, 2.45) is 5.41 Å². The van der Waals surface area contributed by atoms with Crippen LogP contribution in [0, 0.1) is 5.41 Å². The number of nitrogens with one attached hydrogen (secondary N) is 2. The summed E-state index contributed by atoms with van der Waals surface area (Å²) < 4.78 is 4.74. The molecule has 6 nitrogen and oxygen atoms in total. The van der Waals surface area contributed by atoms with Crippen LogP contribution in [-0.2, 0) is 14.3 Å². The molecule has 6 heteroatoms. The van der Waals surface area contributed by atoms with E-state index in [2.05, 4.69) is 17.2 Å². The maximum absolute atomic E-state index is 12.1. The Balaban J connectivity index is 1.92. The largest absolute Gasteiger partial charge is 0.469 e. The zero-order chi connectivity index (χ0) is 16.2. The van der Waals surface area contributed by atoms with Crippen LogP contribution >= 0.6 is 0 Å². The first-order chi connectivity index (χ1) is 10.5. The molecule has 1 aliphatic rings. The second kappa shape index (κ2) is 6.43. The summed E-state index contributed by atoms with van der Waals surface area (Å²) in [7, 11) is 1.35. The molecule has 0 unspecified atom stereocenters. The minimum atomic E-state index is -0.553. The van der Waals surface area contributed by atoms with Gasteiger partial charge < -0.3 is 15.4 Å². The van der Waals surface area contributed by atoms with Gasteiger partial charge in [-0.1, -0.05) is 6.58 Å². The Labute approximate surface area is 128 Å². The molecule has 1 aliphatic carbocycles. The van der Waals surface area contributed by atoms with Gasteiger partial charge in [-0.2, -0.15) is 0 Å². The Morgan fingerprint density at radius 1 is 1.27 bits per heavy atom. The molecule has 0 aliphatic heterocycles. The van der Waals surface area contributed by atoms with Gasteiger partial charge in [0.25, 0.3) is 5.91 Å². The van der Waals surface area contributed by atoms with Crippen LogP contribution in [0.3, 0.4) is 0 Å². The number of amides is 2. The lowest BCUT2D eigenvalue weighted by molar-refractivity contribution is -0.146. The van der Waals surface area contributed by atoms with Crippen molar-refractivity contribution in [2.45, 2.75) is 12.8 Å². The van der Waals surface area contributed by atoms with Gasteiger partial charge in [-0.3, -0.25) is 14.4 Å². The van der Waals surface area contributed by atoms with E-state index < -0.39 is 5.41 Å².